The largest absolute Gasteiger partial charge is 0.477 e. The number of rotatable bonds is 53. The summed E-state index contributed by atoms with van der Waals surface area (Å²) in [5.41, 5.74) is 0. The van der Waals surface area contributed by atoms with Gasteiger partial charge in [0.15, 0.2) is 6.10 Å². The normalized spacial score (nSPS) is 13.4. The predicted molar refractivity (Wildman–Crippen MR) is 304 cm³/mol. The molecule has 0 aromatic rings. The van der Waals surface area contributed by atoms with Crippen LogP contribution < -0.4 is 0 Å². The molecule has 2 atom stereocenters. The average Bonchev–Trinajstić information content (AvgIpc) is 3.35. The third kappa shape index (κ3) is 54.2. The molecule has 0 bridgehead atoms. The SMILES string of the molecule is CC/C=C\C/C=C\C/C=C\C/C=C\C/C=C\C/C=C\C/C=C\CCCC(=O)OC(COC(=O)CCCCCCCCCCCCCCCCCCCCCCCCCC)COC(OCC[N+](C)(C)C)C(=O)O. The maximum absolute atomic E-state index is 12.8. The zero-order chi connectivity index (χ0) is 52.7. The second kappa shape index (κ2) is 53.8. The van der Waals surface area contributed by atoms with Crippen molar-refractivity contribution in [2.24, 2.45) is 0 Å². The van der Waals surface area contributed by atoms with E-state index in [0.29, 0.717) is 23.9 Å². The van der Waals surface area contributed by atoms with Gasteiger partial charge in [0.1, 0.15) is 13.2 Å². The van der Waals surface area contributed by atoms with Gasteiger partial charge in [0.2, 0.25) is 0 Å². The van der Waals surface area contributed by atoms with Crippen molar-refractivity contribution in [3.05, 3.63) is 85.1 Å². The first-order chi connectivity index (χ1) is 35.1. The van der Waals surface area contributed by atoms with Crippen LogP contribution in [0.4, 0.5) is 0 Å². The lowest BCUT2D eigenvalue weighted by molar-refractivity contribution is -0.870. The van der Waals surface area contributed by atoms with Gasteiger partial charge < -0.3 is 28.5 Å². The predicted octanol–water partition coefficient (Wildman–Crippen LogP) is 17.2. The minimum absolute atomic E-state index is 0.174. The molecule has 0 aliphatic carbocycles. The van der Waals surface area contributed by atoms with Crippen molar-refractivity contribution in [3.8, 4) is 0 Å². The van der Waals surface area contributed by atoms with Crippen LogP contribution in [0, 0.1) is 0 Å². The van der Waals surface area contributed by atoms with Crippen molar-refractivity contribution in [2.45, 2.75) is 251 Å². The molecule has 0 amide bonds. The molecule has 2 unspecified atom stereocenters. The minimum Gasteiger partial charge on any atom is -0.477 e. The number of carbonyl (C=O) groups excluding carboxylic acids is 2. The van der Waals surface area contributed by atoms with E-state index in [9.17, 15) is 19.5 Å². The molecular formula is C63H110NO8+. The minimum atomic E-state index is -1.53. The fraction of sp³-hybridized carbons (Fsp3) is 0.730. The van der Waals surface area contributed by atoms with Crippen LogP contribution in [0.25, 0.3) is 0 Å². The zero-order valence-electron chi connectivity index (χ0n) is 47.1. The molecule has 0 saturated heterocycles. The number of hydrogen-bond donors (Lipinski definition) is 1. The van der Waals surface area contributed by atoms with Crippen LogP contribution in [0.1, 0.15) is 239 Å². The lowest BCUT2D eigenvalue weighted by atomic mass is 10.0. The summed E-state index contributed by atoms with van der Waals surface area (Å²) in [6.07, 6.45) is 68.2. The van der Waals surface area contributed by atoms with Crippen LogP contribution >= 0.6 is 0 Å². The number of hydrogen-bond acceptors (Lipinski definition) is 7. The van der Waals surface area contributed by atoms with Gasteiger partial charge in [0, 0.05) is 12.8 Å². The lowest BCUT2D eigenvalue weighted by Gasteiger charge is -2.25. The van der Waals surface area contributed by atoms with Gasteiger partial charge in [-0.15, -0.1) is 0 Å². The molecule has 0 radical (unpaired) electrons. The van der Waals surface area contributed by atoms with Crippen LogP contribution in [0.3, 0.4) is 0 Å². The lowest BCUT2D eigenvalue weighted by Crippen LogP contribution is -2.40. The summed E-state index contributed by atoms with van der Waals surface area (Å²) in [5.74, 6) is -2.08. The summed E-state index contributed by atoms with van der Waals surface area (Å²) >= 11 is 0. The van der Waals surface area contributed by atoms with E-state index in [0.717, 1.165) is 64.2 Å². The average molecular weight is 1010 g/mol. The van der Waals surface area contributed by atoms with Crippen molar-refractivity contribution in [2.75, 3.05) is 47.5 Å². The van der Waals surface area contributed by atoms with Crippen molar-refractivity contribution < 1.29 is 42.9 Å². The first-order valence-electron chi connectivity index (χ1n) is 29.3. The maximum Gasteiger partial charge on any atom is 0.361 e. The van der Waals surface area contributed by atoms with E-state index >= 15 is 0 Å². The molecule has 0 aromatic carbocycles. The summed E-state index contributed by atoms with van der Waals surface area (Å²) in [4.78, 5) is 37.4. The Kier molecular flexibility index (Phi) is 51.1. The molecule has 414 valence electrons. The zero-order valence-corrected chi connectivity index (χ0v) is 47.1. The van der Waals surface area contributed by atoms with E-state index in [2.05, 4.69) is 98.9 Å². The van der Waals surface area contributed by atoms with Crippen LogP contribution in [0.2, 0.25) is 0 Å². The van der Waals surface area contributed by atoms with E-state index < -0.39 is 24.3 Å². The highest BCUT2D eigenvalue weighted by molar-refractivity contribution is 5.71. The molecular weight excluding hydrogens is 899 g/mol. The summed E-state index contributed by atoms with van der Waals surface area (Å²) in [5, 5.41) is 9.70. The molecule has 1 N–H and O–H groups in total. The third-order valence-electron chi connectivity index (χ3n) is 12.4. The Balaban J connectivity index is 4.33. The van der Waals surface area contributed by atoms with Gasteiger partial charge in [0.25, 0.3) is 6.29 Å². The van der Waals surface area contributed by atoms with Gasteiger partial charge in [-0.25, -0.2) is 4.79 Å². The van der Waals surface area contributed by atoms with Crippen molar-refractivity contribution in [1.82, 2.24) is 0 Å². The second-order valence-electron chi connectivity index (χ2n) is 20.6. The molecule has 0 rings (SSSR count). The number of aliphatic carboxylic acids is 1. The van der Waals surface area contributed by atoms with E-state index in [1.807, 2.05) is 21.1 Å². The summed E-state index contributed by atoms with van der Waals surface area (Å²) in [6, 6.07) is 0. The molecule has 0 heterocycles. The topological polar surface area (TPSA) is 108 Å². The smallest absolute Gasteiger partial charge is 0.361 e. The molecule has 0 aliphatic heterocycles. The molecule has 9 heteroatoms. The summed E-state index contributed by atoms with van der Waals surface area (Å²) in [6.45, 7) is 4.71. The number of likely N-dealkylation sites (N-methyl/N-ethyl adjacent to an activating group) is 1. The van der Waals surface area contributed by atoms with Crippen LogP contribution in [0.5, 0.6) is 0 Å². The standard InChI is InChI=1S/C63H109NO8/c1-6-8-10-12-14-16-18-20-22-24-26-28-30-32-33-35-37-39-41-43-45-47-49-51-53-60(65)70-57-59(58-71-63(62(67)68)69-56-55-64(3,4)5)72-61(66)54-52-50-48-46-44-42-40-38-36-34-31-29-27-25-23-21-19-17-15-13-11-9-7-2/h9,11,15,17,21,23,27,29,34,36,40,42,46,48,59,63H,6-8,10,12-14,16,18-20,22,24-26,28,30-33,35,37-39,41,43-45,47,49-58H2,1-5H3/p+1/b11-9-,17-15-,23-21-,29-27-,36-34-,42-40-,48-46-. The highest BCUT2D eigenvalue weighted by Gasteiger charge is 2.25. The van der Waals surface area contributed by atoms with E-state index in [-0.39, 0.29) is 38.6 Å². The molecule has 0 aliphatic rings. The molecule has 0 saturated carbocycles. The first-order valence-corrected chi connectivity index (χ1v) is 29.3. The molecule has 72 heavy (non-hydrogen) atoms. The third-order valence-corrected chi connectivity index (χ3v) is 12.4. The van der Waals surface area contributed by atoms with E-state index in [1.54, 1.807) is 0 Å². The number of carbonyl (C=O) groups is 3. The molecule has 0 spiro atoms. The maximum atomic E-state index is 12.8. The van der Waals surface area contributed by atoms with Crippen molar-refractivity contribution in [3.63, 3.8) is 0 Å². The first kappa shape index (κ1) is 68.5. The van der Waals surface area contributed by atoms with Crippen LogP contribution in [-0.2, 0) is 33.3 Å². The van der Waals surface area contributed by atoms with Crippen LogP contribution in [0.15, 0.2) is 85.1 Å². The number of esters is 2. The van der Waals surface area contributed by atoms with Crippen LogP contribution in [-0.4, -0.2) is 87.4 Å². The van der Waals surface area contributed by atoms with Gasteiger partial charge in [-0.2, -0.15) is 0 Å². The van der Waals surface area contributed by atoms with Gasteiger partial charge in [0.05, 0.1) is 34.4 Å². The number of carboxylic acid groups (broad SMARTS) is 1. The monoisotopic (exact) mass is 1010 g/mol. The van der Waals surface area contributed by atoms with Gasteiger partial charge >= 0.3 is 17.9 Å². The number of ether oxygens (including phenoxy) is 4. The number of unbranched alkanes of at least 4 members (excludes halogenated alkanes) is 24. The molecule has 0 aromatic heterocycles. The Morgan fingerprint density at radius 2 is 0.792 bits per heavy atom. The van der Waals surface area contributed by atoms with Crippen molar-refractivity contribution in [1.29, 1.82) is 0 Å². The Morgan fingerprint density at radius 3 is 1.17 bits per heavy atom. The fourth-order valence-corrected chi connectivity index (χ4v) is 7.94. The Bertz CT molecular complexity index is 1450. The highest BCUT2D eigenvalue weighted by atomic mass is 16.7. The summed E-state index contributed by atoms with van der Waals surface area (Å²) < 4.78 is 22.8. The van der Waals surface area contributed by atoms with E-state index in [1.165, 1.54) is 135 Å². The Hall–Kier alpha value is -3.53. The number of allylic oxidation sites excluding steroid dienone is 14. The fourth-order valence-electron chi connectivity index (χ4n) is 7.94. The highest BCUT2D eigenvalue weighted by Crippen LogP contribution is 2.16. The molecule has 0 fully saturated rings. The number of carboxylic acids is 1. The Morgan fingerprint density at radius 1 is 0.431 bits per heavy atom. The molecule has 9 nitrogen and oxygen atoms in total. The Labute approximate surface area is 442 Å². The number of nitrogens with zero attached hydrogens (tertiary/aromatic N) is 1. The van der Waals surface area contributed by atoms with Gasteiger partial charge in [-0.3, -0.25) is 9.59 Å². The quantitative estimate of drug-likeness (QED) is 0.0211. The van der Waals surface area contributed by atoms with Gasteiger partial charge in [-0.05, 0) is 64.2 Å². The van der Waals surface area contributed by atoms with Gasteiger partial charge in [-0.1, -0.05) is 247 Å². The van der Waals surface area contributed by atoms with Crippen molar-refractivity contribution >= 4 is 17.9 Å². The number of quaternary nitrogens is 1. The summed E-state index contributed by atoms with van der Waals surface area (Å²) in [7, 11) is 5.95. The van der Waals surface area contributed by atoms with E-state index in [4.69, 9.17) is 18.9 Å². The second-order valence-corrected chi connectivity index (χ2v) is 20.6.